The Morgan fingerprint density at radius 3 is 2.48 bits per heavy atom. The first-order valence-corrected chi connectivity index (χ1v) is 7.13. The van der Waals surface area contributed by atoms with Crippen molar-refractivity contribution in [3.8, 4) is 0 Å². The van der Waals surface area contributed by atoms with Crippen molar-refractivity contribution in [3.05, 3.63) is 46.2 Å². The first-order chi connectivity index (χ1) is 10.0. The summed E-state index contributed by atoms with van der Waals surface area (Å²) in [5.74, 6) is -2.59. The van der Waals surface area contributed by atoms with E-state index < -0.39 is 17.5 Å². The first-order valence-electron chi connectivity index (χ1n) is 6.34. The number of nitrogens with one attached hydrogen (secondary N) is 2. The molecule has 21 heavy (non-hydrogen) atoms. The van der Waals surface area contributed by atoms with E-state index >= 15 is 0 Å². The van der Waals surface area contributed by atoms with E-state index in [2.05, 4.69) is 31.5 Å². The van der Waals surface area contributed by atoms with Gasteiger partial charge >= 0.3 is 0 Å². The van der Waals surface area contributed by atoms with Crippen molar-refractivity contribution in [1.82, 2.24) is 4.98 Å². The second-order valence-corrected chi connectivity index (χ2v) is 5.15. The smallest absolute Gasteiger partial charge is 0.169 e. The largest absolute Gasteiger partial charge is 0.368 e. The minimum absolute atomic E-state index is 0.0388. The first kappa shape index (κ1) is 15.6. The molecule has 0 unspecified atom stereocenters. The van der Waals surface area contributed by atoms with E-state index in [0.29, 0.717) is 17.1 Å². The Kier molecular flexibility index (Phi) is 5.06. The van der Waals surface area contributed by atoms with Gasteiger partial charge in [-0.1, -0.05) is 13.0 Å². The third-order valence-corrected chi connectivity index (χ3v) is 3.34. The van der Waals surface area contributed by atoms with Crippen LogP contribution in [-0.2, 0) is 0 Å². The molecule has 0 spiro atoms. The van der Waals surface area contributed by atoms with Crippen LogP contribution in [-0.4, -0.2) is 11.5 Å². The molecule has 0 aliphatic carbocycles. The summed E-state index contributed by atoms with van der Waals surface area (Å²) in [6, 6.07) is 5.04. The van der Waals surface area contributed by atoms with E-state index in [1.807, 2.05) is 6.92 Å². The number of para-hydroxylation sites is 1. The second kappa shape index (κ2) is 6.80. The van der Waals surface area contributed by atoms with Crippen LogP contribution in [0.5, 0.6) is 0 Å². The van der Waals surface area contributed by atoms with Crippen molar-refractivity contribution < 1.29 is 13.2 Å². The Balaban J connectivity index is 2.35. The van der Waals surface area contributed by atoms with Crippen molar-refractivity contribution in [2.45, 2.75) is 13.3 Å². The maximum Gasteiger partial charge on any atom is 0.169 e. The summed E-state index contributed by atoms with van der Waals surface area (Å²) in [5.41, 5.74) is 0.0388. The van der Waals surface area contributed by atoms with Crippen LogP contribution in [0, 0.1) is 17.5 Å². The van der Waals surface area contributed by atoms with E-state index in [0.717, 1.165) is 6.42 Å². The van der Waals surface area contributed by atoms with E-state index in [-0.39, 0.29) is 17.3 Å². The maximum absolute atomic E-state index is 13.8. The monoisotopic (exact) mass is 359 g/mol. The predicted molar refractivity (Wildman–Crippen MR) is 80.3 cm³/mol. The fourth-order valence-electron chi connectivity index (χ4n) is 1.66. The van der Waals surface area contributed by atoms with Gasteiger partial charge in [0, 0.05) is 17.1 Å². The summed E-state index contributed by atoms with van der Waals surface area (Å²) in [6.45, 7) is 2.41. The van der Waals surface area contributed by atoms with Gasteiger partial charge in [0.2, 0.25) is 0 Å². The van der Waals surface area contributed by atoms with Crippen molar-refractivity contribution >= 4 is 33.3 Å². The highest BCUT2D eigenvalue weighted by molar-refractivity contribution is 9.10. The highest BCUT2D eigenvalue weighted by Crippen LogP contribution is 2.30. The number of benzene rings is 1. The highest BCUT2D eigenvalue weighted by atomic mass is 79.9. The van der Waals surface area contributed by atoms with Gasteiger partial charge in [-0.05, 0) is 34.5 Å². The Labute approximate surface area is 128 Å². The maximum atomic E-state index is 13.8. The second-order valence-electron chi connectivity index (χ2n) is 4.30. The fraction of sp³-hybridized carbons (Fsp3) is 0.214. The van der Waals surface area contributed by atoms with Gasteiger partial charge < -0.3 is 10.6 Å². The zero-order valence-corrected chi connectivity index (χ0v) is 12.8. The Bertz CT molecular complexity index is 629. The molecule has 2 N–H and O–H groups in total. The molecule has 1 aromatic carbocycles. The molecule has 112 valence electrons. The molecule has 0 aliphatic heterocycles. The summed E-state index contributed by atoms with van der Waals surface area (Å²) < 4.78 is 41.5. The van der Waals surface area contributed by atoms with E-state index in [4.69, 9.17) is 0 Å². The molecule has 0 amide bonds. The van der Waals surface area contributed by atoms with Gasteiger partial charge in [-0.2, -0.15) is 0 Å². The lowest BCUT2D eigenvalue weighted by Crippen LogP contribution is -2.08. The number of nitrogens with zero attached hydrogens (tertiary/aromatic N) is 1. The van der Waals surface area contributed by atoms with Gasteiger partial charge in [0.1, 0.15) is 5.82 Å². The quantitative estimate of drug-likeness (QED) is 0.802. The molecule has 0 saturated heterocycles. The zero-order valence-electron chi connectivity index (χ0n) is 11.2. The summed E-state index contributed by atoms with van der Waals surface area (Å²) >= 11 is 3.16. The van der Waals surface area contributed by atoms with Crippen molar-refractivity contribution in [2.24, 2.45) is 0 Å². The summed E-state index contributed by atoms with van der Waals surface area (Å²) in [6.07, 6.45) is 0.764. The van der Waals surface area contributed by atoms with Crippen LogP contribution < -0.4 is 10.6 Å². The minimum atomic E-state index is -0.898. The molecule has 0 atom stereocenters. The van der Waals surface area contributed by atoms with Crippen molar-refractivity contribution in [1.29, 1.82) is 0 Å². The summed E-state index contributed by atoms with van der Waals surface area (Å²) in [7, 11) is 0. The van der Waals surface area contributed by atoms with Gasteiger partial charge in [0.05, 0.1) is 5.69 Å². The van der Waals surface area contributed by atoms with Crippen LogP contribution in [0.1, 0.15) is 13.3 Å². The van der Waals surface area contributed by atoms with Crippen LogP contribution in [0.15, 0.2) is 28.7 Å². The molecule has 3 nitrogen and oxygen atoms in total. The van der Waals surface area contributed by atoms with Crippen LogP contribution in [0.25, 0.3) is 0 Å². The molecule has 0 radical (unpaired) electrons. The molecule has 0 saturated carbocycles. The number of pyridine rings is 1. The standard InChI is InChI=1S/C14H13BrF3N3/c1-2-6-19-13-10(17)7-11(18)14(21-13)20-12-8(15)4-3-5-9(12)16/h3-5,7H,2,6H2,1H3,(H2,19,20,21). The van der Waals surface area contributed by atoms with Crippen molar-refractivity contribution in [3.63, 3.8) is 0 Å². The highest BCUT2D eigenvalue weighted by Gasteiger charge is 2.14. The van der Waals surface area contributed by atoms with E-state index in [9.17, 15) is 13.2 Å². The van der Waals surface area contributed by atoms with Gasteiger partial charge in [0.25, 0.3) is 0 Å². The molecule has 1 aromatic heterocycles. The van der Waals surface area contributed by atoms with Gasteiger partial charge in [-0.25, -0.2) is 18.2 Å². The topological polar surface area (TPSA) is 37.0 Å². The molecular weight excluding hydrogens is 347 g/mol. The van der Waals surface area contributed by atoms with Crippen LogP contribution in [0.3, 0.4) is 0 Å². The zero-order chi connectivity index (χ0) is 15.4. The normalized spacial score (nSPS) is 10.5. The lowest BCUT2D eigenvalue weighted by molar-refractivity contribution is 0.578. The Morgan fingerprint density at radius 2 is 1.81 bits per heavy atom. The van der Waals surface area contributed by atoms with Gasteiger partial charge in [-0.3, -0.25) is 0 Å². The molecular formula is C14H13BrF3N3. The number of halogens is 4. The molecule has 2 aromatic rings. The average molecular weight is 360 g/mol. The Hall–Kier alpha value is -1.76. The fourth-order valence-corrected chi connectivity index (χ4v) is 2.10. The number of hydrogen-bond donors (Lipinski definition) is 2. The summed E-state index contributed by atoms with van der Waals surface area (Å²) in [4.78, 5) is 3.83. The van der Waals surface area contributed by atoms with Crippen molar-refractivity contribution in [2.75, 3.05) is 17.2 Å². The summed E-state index contributed by atoms with van der Waals surface area (Å²) in [5, 5.41) is 5.29. The van der Waals surface area contributed by atoms with Crippen LogP contribution >= 0.6 is 15.9 Å². The molecule has 0 fully saturated rings. The average Bonchev–Trinajstić information content (AvgIpc) is 2.44. The lowest BCUT2D eigenvalue weighted by atomic mass is 10.3. The van der Waals surface area contributed by atoms with E-state index in [1.54, 1.807) is 6.07 Å². The third kappa shape index (κ3) is 3.66. The van der Waals surface area contributed by atoms with Crippen LogP contribution in [0.4, 0.5) is 30.5 Å². The van der Waals surface area contributed by atoms with Gasteiger partial charge in [-0.15, -0.1) is 0 Å². The number of aromatic nitrogens is 1. The third-order valence-electron chi connectivity index (χ3n) is 2.68. The Morgan fingerprint density at radius 1 is 1.10 bits per heavy atom. The lowest BCUT2D eigenvalue weighted by Gasteiger charge is -2.12. The molecule has 7 heteroatoms. The van der Waals surface area contributed by atoms with Crippen LogP contribution in [0.2, 0.25) is 0 Å². The predicted octanol–water partition coefficient (Wildman–Crippen LogP) is 4.83. The molecule has 1 heterocycles. The molecule has 2 rings (SSSR count). The molecule has 0 bridgehead atoms. The minimum Gasteiger partial charge on any atom is -0.368 e. The van der Waals surface area contributed by atoms with Gasteiger partial charge in [0.15, 0.2) is 23.3 Å². The molecule has 0 aliphatic rings. The number of anilines is 3. The van der Waals surface area contributed by atoms with E-state index in [1.165, 1.54) is 12.1 Å². The SMILES string of the molecule is CCCNc1nc(Nc2c(F)cccc2Br)c(F)cc1F. The number of rotatable bonds is 5. The number of hydrogen-bond acceptors (Lipinski definition) is 3.